The summed E-state index contributed by atoms with van der Waals surface area (Å²) in [6.45, 7) is 0. The number of hydrazone groups is 1. The number of amidine groups is 1. The van der Waals surface area contributed by atoms with E-state index in [1.165, 1.54) is 0 Å². The first-order valence-electron chi connectivity index (χ1n) is 2.53. The van der Waals surface area contributed by atoms with Crippen LogP contribution in [0.5, 0.6) is 0 Å². The highest BCUT2D eigenvalue weighted by Gasteiger charge is 2.01. The summed E-state index contributed by atoms with van der Waals surface area (Å²) in [5.41, 5.74) is 5.32. The number of rotatable bonds is 1. The number of nitrogens with two attached hydrogens (primary N) is 2. The Morgan fingerprint density at radius 3 is 2.70 bits per heavy atom. The molecule has 0 aliphatic carbocycles. The quantitative estimate of drug-likeness (QED) is 0.304. The third-order valence-corrected chi connectivity index (χ3v) is 1.39. The lowest BCUT2D eigenvalue weighted by Crippen LogP contribution is -2.14. The molecule has 4 nitrogen and oxygen atoms in total. The van der Waals surface area contributed by atoms with E-state index in [-0.39, 0.29) is 5.84 Å². The first-order valence-corrected chi connectivity index (χ1v) is 3.32. The Balaban J connectivity index is 2.95. The SMILES string of the molecule is N/N=C(/N)c1ccc(Br)o1. The fraction of sp³-hybridized carbons (Fsp3) is 0. The van der Waals surface area contributed by atoms with Crippen LogP contribution in [0.2, 0.25) is 0 Å². The molecule has 0 unspecified atom stereocenters. The molecule has 1 aromatic heterocycles. The highest BCUT2D eigenvalue weighted by molar-refractivity contribution is 9.10. The van der Waals surface area contributed by atoms with Crippen LogP contribution in [0.15, 0.2) is 26.3 Å². The predicted molar refractivity (Wildman–Crippen MR) is 41.3 cm³/mol. The number of hydrogen-bond acceptors (Lipinski definition) is 3. The van der Waals surface area contributed by atoms with Crippen LogP contribution in [0.4, 0.5) is 0 Å². The second kappa shape index (κ2) is 2.74. The van der Waals surface area contributed by atoms with Gasteiger partial charge in [-0.3, -0.25) is 0 Å². The van der Waals surface area contributed by atoms with Gasteiger partial charge in [0.05, 0.1) is 0 Å². The summed E-state index contributed by atoms with van der Waals surface area (Å²) in [7, 11) is 0. The van der Waals surface area contributed by atoms with Crippen LogP contribution in [0.3, 0.4) is 0 Å². The van der Waals surface area contributed by atoms with Crippen LogP contribution in [-0.2, 0) is 0 Å². The highest BCUT2D eigenvalue weighted by Crippen LogP contribution is 2.13. The van der Waals surface area contributed by atoms with E-state index in [1.807, 2.05) is 0 Å². The molecule has 1 aromatic rings. The predicted octanol–water partition coefficient (Wildman–Crippen LogP) is 0.621. The summed E-state index contributed by atoms with van der Waals surface area (Å²) in [5, 5.41) is 3.25. The van der Waals surface area contributed by atoms with Crippen molar-refractivity contribution in [2.24, 2.45) is 16.7 Å². The maximum atomic E-state index is 5.32. The van der Waals surface area contributed by atoms with Crippen LogP contribution in [-0.4, -0.2) is 5.84 Å². The van der Waals surface area contributed by atoms with Crippen LogP contribution in [0.25, 0.3) is 0 Å². The molecule has 4 N–H and O–H groups in total. The first-order chi connectivity index (χ1) is 4.74. The Kier molecular flexibility index (Phi) is 1.96. The summed E-state index contributed by atoms with van der Waals surface area (Å²) in [6.07, 6.45) is 0. The van der Waals surface area contributed by atoms with Crippen molar-refractivity contribution < 1.29 is 4.42 Å². The second-order valence-corrected chi connectivity index (χ2v) is 2.40. The molecule has 10 heavy (non-hydrogen) atoms. The van der Waals surface area contributed by atoms with E-state index >= 15 is 0 Å². The van der Waals surface area contributed by atoms with Crippen molar-refractivity contribution in [1.82, 2.24) is 0 Å². The van der Waals surface area contributed by atoms with Gasteiger partial charge in [0.15, 0.2) is 16.3 Å². The van der Waals surface area contributed by atoms with Gasteiger partial charge in [-0.15, -0.1) is 0 Å². The Labute approximate surface area is 66.0 Å². The number of nitrogens with zero attached hydrogens (tertiary/aromatic N) is 1. The van der Waals surface area contributed by atoms with E-state index in [9.17, 15) is 0 Å². The number of halogens is 1. The Bertz CT molecular complexity index is 255. The Morgan fingerprint density at radius 2 is 2.30 bits per heavy atom. The van der Waals surface area contributed by atoms with Crippen molar-refractivity contribution in [3.8, 4) is 0 Å². The van der Waals surface area contributed by atoms with Crippen molar-refractivity contribution in [3.63, 3.8) is 0 Å². The molecule has 0 bridgehead atoms. The zero-order valence-electron chi connectivity index (χ0n) is 5.04. The molecule has 0 radical (unpaired) electrons. The van der Waals surface area contributed by atoms with Gasteiger partial charge < -0.3 is 16.0 Å². The monoisotopic (exact) mass is 203 g/mol. The molecule has 0 amide bonds. The van der Waals surface area contributed by atoms with Crippen LogP contribution in [0.1, 0.15) is 5.76 Å². The van der Waals surface area contributed by atoms with E-state index in [2.05, 4.69) is 21.0 Å². The molecule has 0 aliphatic rings. The van der Waals surface area contributed by atoms with E-state index in [0.29, 0.717) is 10.4 Å². The molecular weight excluding hydrogens is 198 g/mol. The van der Waals surface area contributed by atoms with Gasteiger partial charge >= 0.3 is 0 Å². The van der Waals surface area contributed by atoms with Gasteiger partial charge in [-0.05, 0) is 28.1 Å². The third kappa shape index (κ3) is 1.30. The Morgan fingerprint density at radius 1 is 1.60 bits per heavy atom. The summed E-state index contributed by atoms with van der Waals surface area (Å²) in [6, 6.07) is 3.39. The molecule has 1 rings (SSSR count). The fourth-order valence-corrected chi connectivity index (χ4v) is 0.822. The van der Waals surface area contributed by atoms with Gasteiger partial charge in [-0.25, -0.2) is 0 Å². The Hall–Kier alpha value is -0.970. The van der Waals surface area contributed by atoms with E-state index in [1.54, 1.807) is 12.1 Å². The van der Waals surface area contributed by atoms with E-state index < -0.39 is 0 Å². The lowest BCUT2D eigenvalue weighted by atomic mass is 10.4. The fourth-order valence-electron chi connectivity index (χ4n) is 0.516. The minimum Gasteiger partial charge on any atom is -0.446 e. The lowest BCUT2D eigenvalue weighted by molar-refractivity contribution is 0.531. The first kappa shape index (κ1) is 7.14. The van der Waals surface area contributed by atoms with Crippen molar-refractivity contribution in [2.45, 2.75) is 0 Å². The number of hydrogen-bond donors (Lipinski definition) is 2. The zero-order chi connectivity index (χ0) is 7.56. The minimum atomic E-state index is 0.186. The smallest absolute Gasteiger partial charge is 0.186 e. The van der Waals surface area contributed by atoms with Gasteiger partial charge in [0, 0.05) is 0 Å². The van der Waals surface area contributed by atoms with Crippen molar-refractivity contribution in [3.05, 3.63) is 22.6 Å². The van der Waals surface area contributed by atoms with Gasteiger partial charge in [0.2, 0.25) is 0 Å². The van der Waals surface area contributed by atoms with Gasteiger partial charge in [0.25, 0.3) is 0 Å². The summed E-state index contributed by atoms with van der Waals surface area (Å²) in [4.78, 5) is 0. The molecule has 5 heteroatoms. The average Bonchev–Trinajstić information content (AvgIpc) is 2.34. The second-order valence-electron chi connectivity index (χ2n) is 1.62. The van der Waals surface area contributed by atoms with Crippen LogP contribution in [0, 0.1) is 0 Å². The largest absolute Gasteiger partial charge is 0.446 e. The molecule has 0 atom stereocenters. The minimum absolute atomic E-state index is 0.186. The molecule has 0 aliphatic heterocycles. The summed E-state index contributed by atoms with van der Waals surface area (Å²) < 4.78 is 5.62. The molecule has 0 fully saturated rings. The molecule has 0 saturated heterocycles. The van der Waals surface area contributed by atoms with Crippen molar-refractivity contribution in [1.29, 1.82) is 0 Å². The zero-order valence-corrected chi connectivity index (χ0v) is 6.63. The standard InChI is InChI=1S/C5H6BrN3O/c6-4-2-1-3(10-4)5(7)9-8/h1-2H,8H2,(H2,7,9). The maximum absolute atomic E-state index is 5.32. The normalized spacial score (nSPS) is 11.9. The third-order valence-electron chi connectivity index (χ3n) is 0.965. The molecule has 0 aromatic carbocycles. The molecule has 0 spiro atoms. The molecule has 54 valence electrons. The summed E-state index contributed by atoms with van der Waals surface area (Å²) >= 11 is 3.11. The molecule has 0 saturated carbocycles. The van der Waals surface area contributed by atoms with Gasteiger partial charge in [0.1, 0.15) is 0 Å². The van der Waals surface area contributed by atoms with Crippen molar-refractivity contribution in [2.75, 3.05) is 0 Å². The van der Waals surface area contributed by atoms with Gasteiger partial charge in [-0.2, -0.15) is 5.10 Å². The number of furan rings is 1. The maximum Gasteiger partial charge on any atom is 0.186 e. The van der Waals surface area contributed by atoms with Gasteiger partial charge in [-0.1, -0.05) is 0 Å². The summed E-state index contributed by atoms with van der Waals surface area (Å²) in [5.74, 6) is 5.55. The lowest BCUT2D eigenvalue weighted by Gasteiger charge is -1.89. The molecular formula is C5H6BrN3O. The van der Waals surface area contributed by atoms with Crippen LogP contribution < -0.4 is 11.6 Å². The van der Waals surface area contributed by atoms with E-state index in [0.717, 1.165) is 0 Å². The average molecular weight is 204 g/mol. The van der Waals surface area contributed by atoms with Crippen molar-refractivity contribution >= 4 is 21.8 Å². The topological polar surface area (TPSA) is 77.5 Å². The molecule has 1 heterocycles. The highest BCUT2D eigenvalue weighted by atomic mass is 79.9. The van der Waals surface area contributed by atoms with E-state index in [4.69, 9.17) is 16.0 Å². The van der Waals surface area contributed by atoms with Crippen LogP contribution >= 0.6 is 15.9 Å².